The molecule has 1 N–H and O–H groups in total. The van der Waals surface area contributed by atoms with Crippen LogP contribution in [0.5, 0.6) is 5.88 Å². The van der Waals surface area contributed by atoms with Gasteiger partial charge in [-0.25, -0.2) is 27.2 Å². The highest BCUT2D eigenvalue weighted by Gasteiger charge is 2.28. The number of nitrogens with one attached hydrogen (secondary N) is 1. The summed E-state index contributed by atoms with van der Waals surface area (Å²) in [4.78, 5) is 11.5. The minimum absolute atomic E-state index is 0.0157. The van der Waals surface area contributed by atoms with E-state index in [0.29, 0.717) is 35.7 Å². The number of benzene rings is 1. The first-order valence-corrected chi connectivity index (χ1v) is 16.8. The third-order valence-corrected chi connectivity index (χ3v) is 9.76. The number of nitrogens with zero attached hydrogens (tertiary/aromatic N) is 5. The van der Waals surface area contributed by atoms with Crippen LogP contribution in [0.25, 0.3) is 22.6 Å². The smallest absolute Gasteiger partial charge is 0.243 e. The lowest BCUT2D eigenvalue weighted by Crippen LogP contribution is -2.41. The molecule has 2 aliphatic heterocycles. The van der Waals surface area contributed by atoms with Gasteiger partial charge in [-0.1, -0.05) is 11.6 Å². The molecule has 0 saturated carbocycles. The zero-order valence-electron chi connectivity index (χ0n) is 24.9. The van der Waals surface area contributed by atoms with Crippen LogP contribution in [0, 0.1) is 12.7 Å². The predicted octanol–water partition coefficient (Wildman–Crippen LogP) is 5.62. The van der Waals surface area contributed by atoms with Gasteiger partial charge in [-0.2, -0.15) is 10.1 Å². The minimum Gasteiger partial charge on any atom is -0.474 e. The third kappa shape index (κ3) is 6.47. The molecule has 0 radical (unpaired) electrons. The van der Waals surface area contributed by atoms with Crippen molar-refractivity contribution in [3.8, 4) is 17.5 Å². The van der Waals surface area contributed by atoms with E-state index in [1.165, 1.54) is 6.07 Å². The molecule has 5 heterocycles. The van der Waals surface area contributed by atoms with Crippen molar-refractivity contribution in [2.75, 3.05) is 19.7 Å². The van der Waals surface area contributed by atoms with Gasteiger partial charge in [-0.05, 0) is 83.2 Å². The Labute approximate surface area is 260 Å². The molecule has 0 amide bonds. The van der Waals surface area contributed by atoms with Crippen molar-refractivity contribution in [1.82, 2.24) is 29.4 Å². The molecular formula is C30H36ClFN6O5S. The molecule has 6 rings (SSSR count). The van der Waals surface area contributed by atoms with E-state index in [-0.39, 0.29) is 29.7 Å². The molecule has 236 valence electrons. The lowest BCUT2D eigenvalue weighted by atomic mass is 10.1. The molecule has 1 atom stereocenters. The fraction of sp³-hybridized carbons (Fsp3) is 0.500. The molecule has 0 spiro atoms. The summed E-state index contributed by atoms with van der Waals surface area (Å²) in [6.07, 6.45) is 4.32. The van der Waals surface area contributed by atoms with Gasteiger partial charge in [0.05, 0.1) is 12.2 Å². The molecule has 1 aromatic carbocycles. The lowest BCUT2D eigenvalue weighted by Gasteiger charge is -2.34. The second-order valence-corrected chi connectivity index (χ2v) is 13.7. The monoisotopic (exact) mass is 646 g/mol. The average Bonchev–Trinajstić information content (AvgIpc) is 3.63. The van der Waals surface area contributed by atoms with Gasteiger partial charge in [0.1, 0.15) is 28.0 Å². The SMILES string of the molecule is Cc1nn(C2CCCCO2)c2nc(-c3ccc(CNS(=O)(=O)c4cc(Cl)ccc4F)o3)nc(OC3CCN(C(C)C)CC3)c12. The van der Waals surface area contributed by atoms with Gasteiger partial charge < -0.3 is 18.8 Å². The zero-order valence-corrected chi connectivity index (χ0v) is 26.5. The van der Waals surface area contributed by atoms with Crippen LogP contribution in [0.3, 0.4) is 0 Å². The summed E-state index contributed by atoms with van der Waals surface area (Å²) in [5.41, 5.74) is 1.34. The van der Waals surface area contributed by atoms with E-state index in [4.69, 9.17) is 40.6 Å². The lowest BCUT2D eigenvalue weighted by molar-refractivity contribution is -0.0371. The highest BCUT2D eigenvalue weighted by molar-refractivity contribution is 7.89. The summed E-state index contributed by atoms with van der Waals surface area (Å²) in [6.45, 7) is 8.62. The highest BCUT2D eigenvalue weighted by atomic mass is 35.5. The number of aromatic nitrogens is 4. The van der Waals surface area contributed by atoms with E-state index in [0.717, 1.165) is 68.4 Å². The summed E-state index contributed by atoms with van der Waals surface area (Å²) in [5, 5.41) is 5.64. The topological polar surface area (TPSA) is 125 Å². The summed E-state index contributed by atoms with van der Waals surface area (Å²) in [5.74, 6) is 0.421. The van der Waals surface area contributed by atoms with Gasteiger partial charge in [0, 0.05) is 30.8 Å². The number of hydrogen-bond acceptors (Lipinski definition) is 9. The van der Waals surface area contributed by atoms with E-state index in [1.807, 2.05) is 6.92 Å². The van der Waals surface area contributed by atoms with Crippen molar-refractivity contribution in [2.24, 2.45) is 0 Å². The molecule has 4 aromatic rings. The number of ether oxygens (including phenoxy) is 2. The Bertz CT molecular complexity index is 1750. The Morgan fingerprint density at radius 1 is 1.14 bits per heavy atom. The minimum atomic E-state index is -4.19. The molecule has 11 nitrogen and oxygen atoms in total. The quantitative estimate of drug-likeness (QED) is 0.247. The first kappa shape index (κ1) is 30.9. The number of fused-ring (bicyclic) bond motifs is 1. The molecule has 0 bridgehead atoms. The van der Waals surface area contributed by atoms with Crippen LogP contribution >= 0.6 is 11.6 Å². The summed E-state index contributed by atoms with van der Waals surface area (Å²) >= 11 is 5.89. The first-order valence-electron chi connectivity index (χ1n) is 14.9. The Kier molecular flexibility index (Phi) is 8.93. The number of rotatable bonds is 9. The Morgan fingerprint density at radius 3 is 2.66 bits per heavy atom. The number of sulfonamides is 1. The maximum atomic E-state index is 14.2. The maximum Gasteiger partial charge on any atom is 0.243 e. The van der Waals surface area contributed by atoms with Crippen molar-refractivity contribution < 1.29 is 26.7 Å². The van der Waals surface area contributed by atoms with Crippen molar-refractivity contribution in [3.63, 3.8) is 0 Å². The molecule has 2 fully saturated rings. The van der Waals surface area contributed by atoms with Gasteiger partial charge in [-0.15, -0.1) is 0 Å². The fourth-order valence-electron chi connectivity index (χ4n) is 5.67. The van der Waals surface area contributed by atoms with E-state index in [2.05, 4.69) is 23.5 Å². The van der Waals surface area contributed by atoms with Crippen LogP contribution < -0.4 is 9.46 Å². The van der Waals surface area contributed by atoms with Crippen molar-refractivity contribution in [1.29, 1.82) is 0 Å². The average molecular weight is 647 g/mol. The second kappa shape index (κ2) is 12.7. The van der Waals surface area contributed by atoms with Gasteiger partial charge in [0.25, 0.3) is 0 Å². The number of halogens is 2. The van der Waals surface area contributed by atoms with Gasteiger partial charge >= 0.3 is 0 Å². The van der Waals surface area contributed by atoms with Crippen LogP contribution in [0.15, 0.2) is 39.6 Å². The first-order chi connectivity index (χ1) is 21.1. The number of hydrogen-bond donors (Lipinski definition) is 1. The van der Waals surface area contributed by atoms with E-state index < -0.39 is 20.7 Å². The van der Waals surface area contributed by atoms with Crippen LogP contribution in [-0.2, 0) is 21.3 Å². The Balaban J connectivity index is 1.30. The second-order valence-electron chi connectivity index (χ2n) is 11.5. The van der Waals surface area contributed by atoms with Crippen LogP contribution in [0.1, 0.15) is 63.6 Å². The van der Waals surface area contributed by atoms with Crippen LogP contribution in [0.4, 0.5) is 4.39 Å². The number of aryl methyl sites for hydroxylation is 1. The van der Waals surface area contributed by atoms with Crippen molar-refractivity contribution >= 4 is 32.7 Å². The van der Waals surface area contributed by atoms with Crippen LogP contribution in [0.2, 0.25) is 5.02 Å². The van der Waals surface area contributed by atoms with Crippen LogP contribution in [-0.4, -0.2) is 64.9 Å². The van der Waals surface area contributed by atoms with Gasteiger partial charge in [0.2, 0.25) is 21.7 Å². The molecule has 2 aliphatic rings. The number of likely N-dealkylation sites (tertiary alicyclic amines) is 1. The molecule has 3 aromatic heterocycles. The fourth-order valence-corrected chi connectivity index (χ4v) is 7.00. The molecule has 0 aliphatic carbocycles. The van der Waals surface area contributed by atoms with Gasteiger partial charge in [-0.3, -0.25) is 0 Å². The maximum absolute atomic E-state index is 14.2. The third-order valence-electron chi connectivity index (χ3n) is 8.11. The van der Waals surface area contributed by atoms with E-state index in [9.17, 15) is 12.8 Å². The molecule has 14 heteroatoms. The molecule has 2 saturated heterocycles. The normalized spacial score (nSPS) is 18.8. The number of piperidine rings is 1. The predicted molar refractivity (Wildman–Crippen MR) is 162 cm³/mol. The Morgan fingerprint density at radius 2 is 1.93 bits per heavy atom. The summed E-state index contributed by atoms with van der Waals surface area (Å²) in [7, 11) is -4.19. The van der Waals surface area contributed by atoms with E-state index in [1.54, 1.807) is 16.8 Å². The van der Waals surface area contributed by atoms with Gasteiger partial charge in [0.15, 0.2) is 17.6 Å². The van der Waals surface area contributed by atoms with Crippen molar-refractivity contribution in [3.05, 3.63) is 52.6 Å². The summed E-state index contributed by atoms with van der Waals surface area (Å²) < 4.78 is 62.5. The van der Waals surface area contributed by atoms with E-state index >= 15 is 0 Å². The molecule has 44 heavy (non-hydrogen) atoms. The summed E-state index contributed by atoms with van der Waals surface area (Å²) in [6, 6.07) is 7.12. The largest absolute Gasteiger partial charge is 0.474 e. The zero-order chi connectivity index (χ0) is 31.0. The van der Waals surface area contributed by atoms with Crippen molar-refractivity contribution in [2.45, 2.75) is 82.7 Å². The Hall–Kier alpha value is -3.10. The number of furan rings is 1. The molecular weight excluding hydrogens is 611 g/mol. The standard InChI is InChI=1S/C30H36ClFN6O5S/c1-18(2)37-13-11-21(12-14-37)43-30-27-19(3)36-38(26-6-4-5-15-41-26)29(27)34-28(35-30)24-10-8-22(42-24)17-33-44(39,40)25-16-20(31)7-9-23(25)32/h7-10,16,18,21,26,33H,4-6,11-15,17H2,1-3H3. The molecule has 1 unspecified atom stereocenters. The highest BCUT2D eigenvalue weighted by Crippen LogP contribution is 2.35.